The van der Waals surface area contributed by atoms with Gasteiger partial charge in [-0.05, 0) is 31.0 Å². The Hall–Kier alpha value is -1.78. The van der Waals surface area contributed by atoms with Gasteiger partial charge in [-0.15, -0.1) is 12.4 Å². The Labute approximate surface area is 136 Å². The molecule has 0 aliphatic carbocycles. The number of amides is 1. The largest absolute Gasteiger partial charge is 0.459 e. The highest BCUT2D eigenvalue weighted by atomic mass is 35.5. The van der Waals surface area contributed by atoms with Gasteiger partial charge >= 0.3 is 0 Å². The van der Waals surface area contributed by atoms with Gasteiger partial charge in [0.25, 0.3) is 5.91 Å². The summed E-state index contributed by atoms with van der Waals surface area (Å²) >= 11 is 0. The van der Waals surface area contributed by atoms with Crippen molar-refractivity contribution >= 4 is 18.3 Å². The molecule has 4 nitrogen and oxygen atoms in total. The highest BCUT2D eigenvalue weighted by Crippen LogP contribution is 2.33. The lowest BCUT2D eigenvalue weighted by atomic mass is 9.89. The summed E-state index contributed by atoms with van der Waals surface area (Å²) in [4.78, 5) is 14.4. The van der Waals surface area contributed by atoms with Crippen LogP contribution in [-0.4, -0.2) is 30.4 Å². The fourth-order valence-electron chi connectivity index (χ4n) is 3.09. The minimum absolute atomic E-state index is 0. The quantitative estimate of drug-likeness (QED) is 0.946. The second-order valence-corrected chi connectivity index (χ2v) is 5.66. The number of halogens is 1. The average Bonchev–Trinajstić information content (AvgIpc) is 3.13. The summed E-state index contributed by atoms with van der Waals surface area (Å²) in [5.41, 5.74) is 8.04. The molecule has 1 saturated heterocycles. The molecule has 0 spiro atoms. The Morgan fingerprint density at radius 2 is 2.00 bits per heavy atom. The highest BCUT2D eigenvalue weighted by Gasteiger charge is 2.36. The number of rotatable bonds is 3. The Morgan fingerprint density at radius 3 is 2.59 bits per heavy atom. The maximum absolute atomic E-state index is 12.6. The maximum Gasteiger partial charge on any atom is 0.289 e. The number of hydrogen-bond donors (Lipinski definition) is 1. The fraction of sp³-hybridized carbons (Fsp3) is 0.353. The van der Waals surface area contributed by atoms with Crippen LogP contribution >= 0.6 is 12.4 Å². The van der Waals surface area contributed by atoms with Crippen molar-refractivity contribution in [3.63, 3.8) is 0 Å². The van der Waals surface area contributed by atoms with Gasteiger partial charge in [-0.1, -0.05) is 30.3 Å². The van der Waals surface area contributed by atoms with E-state index in [2.05, 4.69) is 12.1 Å². The minimum atomic E-state index is -0.0330. The first kappa shape index (κ1) is 16.6. The van der Waals surface area contributed by atoms with E-state index in [4.69, 9.17) is 10.2 Å². The van der Waals surface area contributed by atoms with E-state index < -0.39 is 0 Å². The molecular weight excluding hydrogens is 300 g/mol. The number of nitrogens with two attached hydrogens (primary N) is 1. The molecule has 0 radical (unpaired) electrons. The van der Waals surface area contributed by atoms with Crippen LogP contribution in [0.3, 0.4) is 0 Å². The third-order valence-electron chi connectivity index (χ3n) is 4.32. The first-order valence-electron chi connectivity index (χ1n) is 7.29. The number of carbonyl (C=O) groups excluding carboxylic acids is 1. The number of benzene rings is 1. The molecule has 1 amide bonds. The predicted molar refractivity (Wildman–Crippen MR) is 88.3 cm³/mol. The zero-order valence-electron chi connectivity index (χ0n) is 12.6. The molecule has 3 rings (SSSR count). The summed E-state index contributed by atoms with van der Waals surface area (Å²) in [6.07, 6.45) is 1.56. The van der Waals surface area contributed by atoms with Crippen LogP contribution < -0.4 is 5.73 Å². The zero-order valence-corrected chi connectivity index (χ0v) is 13.4. The lowest BCUT2D eigenvalue weighted by molar-refractivity contribution is 0.0754. The summed E-state index contributed by atoms with van der Waals surface area (Å²) in [6, 6.07) is 12.1. The molecule has 1 aliphatic rings. The van der Waals surface area contributed by atoms with Gasteiger partial charge < -0.3 is 15.1 Å². The molecule has 0 bridgehead atoms. The van der Waals surface area contributed by atoms with Crippen molar-refractivity contribution in [2.75, 3.05) is 19.6 Å². The van der Waals surface area contributed by atoms with Gasteiger partial charge in [-0.25, -0.2) is 0 Å². The van der Waals surface area contributed by atoms with Crippen molar-refractivity contribution in [2.24, 2.45) is 11.7 Å². The highest BCUT2D eigenvalue weighted by molar-refractivity contribution is 5.93. The van der Waals surface area contributed by atoms with Crippen molar-refractivity contribution in [1.29, 1.82) is 0 Å². The van der Waals surface area contributed by atoms with Gasteiger partial charge in [0.15, 0.2) is 5.76 Å². The van der Waals surface area contributed by atoms with Crippen LogP contribution in [0.4, 0.5) is 0 Å². The smallest absolute Gasteiger partial charge is 0.289 e. The molecule has 5 heteroatoms. The van der Waals surface area contributed by atoms with Crippen LogP contribution in [0.25, 0.3) is 0 Å². The molecule has 0 saturated carbocycles. The van der Waals surface area contributed by atoms with E-state index >= 15 is 0 Å². The molecule has 2 aromatic rings. The Balaban J connectivity index is 0.00000176. The van der Waals surface area contributed by atoms with E-state index in [-0.39, 0.29) is 18.3 Å². The molecule has 22 heavy (non-hydrogen) atoms. The minimum Gasteiger partial charge on any atom is -0.459 e. The Morgan fingerprint density at radius 1 is 1.27 bits per heavy atom. The monoisotopic (exact) mass is 320 g/mol. The van der Waals surface area contributed by atoms with Crippen molar-refractivity contribution in [3.05, 3.63) is 59.5 Å². The molecule has 2 N–H and O–H groups in total. The standard InChI is InChI=1S/C17H20N2O2.ClH/c1-12-7-8-21-16(12)17(20)19-10-14(9-18)15(11-19)13-5-3-2-4-6-13;/h2-8,14-15H,9-11,18H2,1H3;1H/t14-,15+;/m1./s1. The molecule has 1 aromatic carbocycles. The first-order chi connectivity index (χ1) is 10.2. The van der Waals surface area contributed by atoms with Gasteiger partial charge in [-0.2, -0.15) is 0 Å². The summed E-state index contributed by atoms with van der Waals surface area (Å²) in [7, 11) is 0. The van der Waals surface area contributed by atoms with Gasteiger partial charge in [0.05, 0.1) is 6.26 Å². The van der Waals surface area contributed by atoms with E-state index in [0.29, 0.717) is 37.2 Å². The van der Waals surface area contributed by atoms with Gasteiger partial charge in [0.2, 0.25) is 0 Å². The average molecular weight is 321 g/mol. The van der Waals surface area contributed by atoms with Crippen molar-refractivity contribution < 1.29 is 9.21 Å². The molecule has 1 aliphatic heterocycles. The van der Waals surface area contributed by atoms with Crippen LogP contribution in [0.5, 0.6) is 0 Å². The summed E-state index contributed by atoms with van der Waals surface area (Å²) < 4.78 is 5.33. The number of hydrogen-bond acceptors (Lipinski definition) is 3. The Kier molecular flexibility index (Phi) is 5.27. The third-order valence-corrected chi connectivity index (χ3v) is 4.32. The van der Waals surface area contributed by atoms with E-state index in [1.807, 2.05) is 36.1 Å². The van der Waals surface area contributed by atoms with E-state index in [9.17, 15) is 4.79 Å². The molecule has 1 aromatic heterocycles. The lowest BCUT2D eigenvalue weighted by Crippen LogP contribution is -2.30. The van der Waals surface area contributed by atoms with Gasteiger partial charge in [-0.3, -0.25) is 4.79 Å². The normalized spacial score (nSPS) is 20.7. The summed E-state index contributed by atoms with van der Waals surface area (Å²) in [5.74, 6) is 1.01. The zero-order chi connectivity index (χ0) is 14.8. The van der Waals surface area contributed by atoms with Gasteiger partial charge in [0, 0.05) is 24.6 Å². The lowest BCUT2D eigenvalue weighted by Gasteiger charge is -2.16. The Bertz CT molecular complexity index is 627. The van der Waals surface area contributed by atoms with E-state index in [1.54, 1.807) is 6.26 Å². The van der Waals surface area contributed by atoms with Gasteiger partial charge in [0.1, 0.15) is 0 Å². The van der Waals surface area contributed by atoms with Crippen LogP contribution in [0.2, 0.25) is 0 Å². The molecule has 1 fully saturated rings. The molecule has 2 atom stereocenters. The number of nitrogens with zero attached hydrogens (tertiary/aromatic N) is 1. The van der Waals surface area contributed by atoms with Crippen molar-refractivity contribution in [1.82, 2.24) is 4.90 Å². The second kappa shape index (κ2) is 6.99. The SMILES string of the molecule is Cc1ccoc1C(=O)N1C[C@@H](CN)[C@H](c2ccccc2)C1.Cl. The fourth-order valence-corrected chi connectivity index (χ4v) is 3.09. The van der Waals surface area contributed by atoms with Crippen LogP contribution in [0.1, 0.15) is 27.6 Å². The summed E-state index contributed by atoms with van der Waals surface area (Å²) in [6.45, 7) is 3.86. The maximum atomic E-state index is 12.6. The molecule has 0 unspecified atom stereocenters. The van der Waals surface area contributed by atoms with Crippen LogP contribution in [-0.2, 0) is 0 Å². The first-order valence-corrected chi connectivity index (χ1v) is 7.29. The molecule has 2 heterocycles. The number of aryl methyl sites for hydroxylation is 1. The number of carbonyl (C=O) groups is 1. The summed E-state index contributed by atoms with van der Waals surface area (Å²) in [5, 5.41) is 0. The van der Waals surface area contributed by atoms with E-state index in [0.717, 1.165) is 5.56 Å². The topological polar surface area (TPSA) is 59.5 Å². The van der Waals surface area contributed by atoms with E-state index in [1.165, 1.54) is 5.56 Å². The number of furan rings is 1. The predicted octanol–water partition coefficient (Wildman–Crippen LogP) is 2.82. The second-order valence-electron chi connectivity index (χ2n) is 5.66. The number of likely N-dealkylation sites (tertiary alicyclic amines) is 1. The van der Waals surface area contributed by atoms with Crippen LogP contribution in [0, 0.1) is 12.8 Å². The third kappa shape index (κ3) is 3.03. The van der Waals surface area contributed by atoms with Crippen molar-refractivity contribution in [2.45, 2.75) is 12.8 Å². The van der Waals surface area contributed by atoms with Crippen molar-refractivity contribution in [3.8, 4) is 0 Å². The van der Waals surface area contributed by atoms with Crippen LogP contribution in [0.15, 0.2) is 47.1 Å². The molecular formula is C17H21ClN2O2. The molecule has 118 valence electrons.